The Morgan fingerprint density at radius 2 is 2.37 bits per heavy atom. The van der Waals surface area contributed by atoms with Gasteiger partial charge in [-0.1, -0.05) is 0 Å². The minimum absolute atomic E-state index is 0.0736. The van der Waals surface area contributed by atoms with Gasteiger partial charge in [0, 0.05) is 46.0 Å². The Kier molecular flexibility index (Phi) is 4.42. The molecule has 19 heavy (non-hydrogen) atoms. The molecule has 0 amide bonds. The van der Waals surface area contributed by atoms with E-state index in [9.17, 15) is 0 Å². The summed E-state index contributed by atoms with van der Waals surface area (Å²) in [5, 5.41) is 4.21. The molecule has 1 unspecified atom stereocenters. The molecule has 0 spiro atoms. The molecule has 0 bridgehead atoms. The monoisotopic (exact) mass is 265 g/mol. The van der Waals surface area contributed by atoms with E-state index in [0.717, 1.165) is 37.8 Å². The summed E-state index contributed by atoms with van der Waals surface area (Å²) in [4.78, 5) is 8.92. The van der Waals surface area contributed by atoms with Gasteiger partial charge in [-0.05, 0) is 6.92 Å². The number of aromatic nitrogens is 2. The van der Waals surface area contributed by atoms with E-state index in [1.807, 2.05) is 38.2 Å². The van der Waals surface area contributed by atoms with E-state index in [1.54, 1.807) is 0 Å². The number of hydrogen-bond donors (Lipinski definition) is 0. The van der Waals surface area contributed by atoms with Gasteiger partial charge in [0.2, 0.25) is 0 Å². The summed E-state index contributed by atoms with van der Waals surface area (Å²) in [5.74, 6) is 1.03. The van der Waals surface area contributed by atoms with Crippen molar-refractivity contribution in [2.75, 3.05) is 40.3 Å². The smallest absolute Gasteiger partial charge is 0.196 e. The molecule has 1 aromatic rings. The fourth-order valence-corrected chi connectivity index (χ4v) is 2.30. The lowest BCUT2D eigenvalue weighted by molar-refractivity contribution is -0.00989. The SMILES string of the molecule is CCN=C(N(C)C)N1CCOC(c2cnn(C)c2)C1. The summed E-state index contributed by atoms with van der Waals surface area (Å²) in [6, 6.07) is 0. The molecular weight excluding hydrogens is 242 g/mol. The topological polar surface area (TPSA) is 45.9 Å². The lowest BCUT2D eigenvalue weighted by Crippen LogP contribution is -2.47. The highest BCUT2D eigenvalue weighted by Crippen LogP contribution is 2.22. The highest BCUT2D eigenvalue weighted by molar-refractivity contribution is 5.79. The van der Waals surface area contributed by atoms with Crippen LogP contribution in [-0.4, -0.2) is 65.9 Å². The van der Waals surface area contributed by atoms with Crippen LogP contribution in [0.1, 0.15) is 18.6 Å². The van der Waals surface area contributed by atoms with Crippen LogP contribution in [0, 0.1) is 0 Å². The highest BCUT2D eigenvalue weighted by Gasteiger charge is 2.25. The molecule has 1 atom stereocenters. The Hall–Kier alpha value is -1.56. The average molecular weight is 265 g/mol. The second-order valence-corrected chi connectivity index (χ2v) is 4.92. The molecule has 106 valence electrons. The van der Waals surface area contributed by atoms with Crippen molar-refractivity contribution in [2.45, 2.75) is 13.0 Å². The molecular formula is C13H23N5O. The maximum absolute atomic E-state index is 5.85. The Morgan fingerprint density at radius 3 is 2.95 bits per heavy atom. The van der Waals surface area contributed by atoms with Crippen molar-refractivity contribution in [1.29, 1.82) is 0 Å². The van der Waals surface area contributed by atoms with Gasteiger partial charge in [-0.15, -0.1) is 0 Å². The van der Waals surface area contributed by atoms with Crippen LogP contribution in [0.15, 0.2) is 17.4 Å². The van der Waals surface area contributed by atoms with Crippen LogP contribution in [0.5, 0.6) is 0 Å². The molecule has 0 radical (unpaired) electrons. The fraction of sp³-hybridized carbons (Fsp3) is 0.692. The molecule has 6 nitrogen and oxygen atoms in total. The summed E-state index contributed by atoms with van der Waals surface area (Å²) in [6.07, 6.45) is 3.96. The van der Waals surface area contributed by atoms with Gasteiger partial charge < -0.3 is 14.5 Å². The van der Waals surface area contributed by atoms with Gasteiger partial charge in [0.25, 0.3) is 0 Å². The Labute approximate surface area is 114 Å². The third-order valence-corrected chi connectivity index (χ3v) is 3.15. The molecule has 0 aliphatic carbocycles. The molecule has 1 aliphatic rings. The van der Waals surface area contributed by atoms with E-state index in [2.05, 4.69) is 26.8 Å². The molecule has 1 saturated heterocycles. The number of aryl methyl sites for hydroxylation is 1. The summed E-state index contributed by atoms with van der Waals surface area (Å²) in [7, 11) is 5.99. The molecule has 2 rings (SSSR count). The summed E-state index contributed by atoms with van der Waals surface area (Å²) >= 11 is 0. The molecule has 1 aliphatic heterocycles. The first kappa shape index (κ1) is 13.9. The van der Waals surface area contributed by atoms with Crippen molar-refractivity contribution >= 4 is 5.96 Å². The molecule has 2 heterocycles. The second-order valence-electron chi connectivity index (χ2n) is 4.92. The maximum Gasteiger partial charge on any atom is 0.196 e. The number of ether oxygens (including phenoxy) is 1. The standard InChI is InChI=1S/C13H23N5O/c1-5-14-13(16(2)3)18-6-7-19-12(10-18)11-8-15-17(4)9-11/h8-9,12H,5-7,10H2,1-4H3. The third-order valence-electron chi connectivity index (χ3n) is 3.15. The van der Waals surface area contributed by atoms with E-state index in [-0.39, 0.29) is 6.10 Å². The van der Waals surface area contributed by atoms with Crippen LogP contribution in [0.4, 0.5) is 0 Å². The summed E-state index contributed by atoms with van der Waals surface area (Å²) in [6.45, 7) is 5.28. The molecule has 1 aromatic heterocycles. The number of guanidine groups is 1. The predicted molar refractivity (Wildman–Crippen MR) is 75.1 cm³/mol. The van der Waals surface area contributed by atoms with E-state index in [0.29, 0.717) is 0 Å². The highest BCUT2D eigenvalue weighted by atomic mass is 16.5. The summed E-state index contributed by atoms with van der Waals surface area (Å²) in [5.41, 5.74) is 1.13. The van der Waals surface area contributed by atoms with E-state index < -0.39 is 0 Å². The van der Waals surface area contributed by atoms with E-state index >= 15 is 0 Å². The quantitative estimate of drug-likeness (QED) is 0.584. The van der Waals surface area contributed by atoms with Gasteiger partial charge in [0.1, 0.15) is 6.10 Å². The number of morpholine rings is 1. The van der Waals surface area contributed by atoms with Gasteiger partial charge in [0.05, 0.1) is 19.3 Å². The Bertz CT molecular complexity index is 440. The van der Waals surface area contributed by atoms with Crippen molar-refractivity contribution < 1.29 is 4.74 Å². The first-order chi connectivity index (χ1) is 9.11. The lowest BCUT2D eigenvalue weighted by Gasteiger charge is -2.36. The van der Waals surface area contributed by atoms with E-state index in [4.69, 9.17) is 4.74 Å². The van der Waals surface area contributed by atoms with Crippen molar-refractivity contribution in [3.63, 3.8) is 0 Å². The maximum atomic E-state index is 5.85. The van der Waals surface area contributed by atoms with Crippen LogP contribution in [0.3, 0.4) is 0 Å². The number of nitrogens with zero attached hydrogens (tertiary/aromatic N) is 5. The number of rotatable bonds is 2. The number of hydrogen-bond acceptors (Lipinski definition) is 3. The van der Waals surface area contributed by atoms with E-state index in [1.165, 1.54) is 0 Å². The van der Waals surface area contributed by atoms with Crippen LogP contribution < -0.4 is 0 Å². The van der Waals surface area contributed by atoms with Crippen molar-refractivity contribution in [3.8, 4) is 0 Å². The van der Waals surface area contributed by atoms with Gasteiger partial charge in [-0.3, -0.25) is 9.67 Å². The lowest BCUT2D eigenvalue weighted by atomic mass is 10.1. The minimum Gasteiger partial charge on any atom is -0.370 e. The number of aliphatic imine (C=N–C) groups is 1. The molecule has 0 saturated carbocycles. The zero-order valence-electron chi connectivity index (χ0n) is 12.2. The van der Waals surface area contributed by atoms with Gasteiger partial charge in [-0.25, -0.2) is 0 Å². The largest absolute Gasteiger partial charge is 0.370 e. The van der Waals surface area contributed by atoms with Crippen LogP contribution >= 0.6 is 0 Å². The van der Waals surface area contributed by atoms with Crippen molar-refractivity contribution in [3.05, 3.63) is 18.0 Å². The predicted octanol–water partition coefficient (Wildman–Crippen LogP) is 0.731. The third kappa shape index (κ3) is 3.26. The Balaban J connectivity index is 2.10. The first-order valence-corrected chi connectivity index (χ1v) is 6.68. The molecule has 1 fully saturated rings. The van der Waals surface area contributed by atoms with Gasteiger partial charge in [0.15, 0.2) is 5.96 Å². The zero-order valence-corrected chi connectivity index (χ0v) is 12.2. The first-order valence-electron chi connectivity index (χ1n) is 6.68. The summed E-state index contributed by atoms with van der Waals surface area (Å²) < 4.78 is 7.66. The van der Waals surface area contributed by atoms with Gasteiger partial charge >= 0.3 is 0 Å². The van der Waals surface area contributed by atoms with Crippen LogP contribution in [0.2, 0.25) is 0 Å². The normalized spacial score (nSPS) is 20.7. The average Bonchev–Trinajstić information content (AvgIpc) is 2.82. The van der Waals surface area contributed by atoms with Crippen LogP contribution in [0.25, 0.3) is 0 Å². The van der Waals surface area contributed by atoms with Crippen molar-refractivity contribution in [1.82, 2.24) is 19.6 Å². The van der Waals surface area contributed by atoms with Crippen molar-refractivity contribution in [2.24, 2.45) is 12.0 Å². The molecule has 6 heteroatoms. The van der Waals surface area contributed by atoms with Crippen LogP contribution in [-0.2, 0) is 11.8 Å². The van der Waals surface area contributed by atoms with Gasteiger partial charge in [-0.2, -0.15) is 5.10 Å². The fourth-order valence-electron chi connectivity index (χ4n) is 2.30. The zero-order chi connectivity index (χ0) is 13.8. The molecule has 0 N–H and O–H groups in total. The minimum atomic E-state index is 0.0736. The molecule has 0 aromatic carbocycles. The second kappa shape index (κ2) is 6.06. The Morgan fingerprint density at radius 1 is 1.58 bits per heavy atom.